The first-order valence-electron chi connectivity index (χ1n) is 6.24. The van der Waals surface area contributed by atoms with E-state index in [0.717, 1.165) is 5.56 Å². The third-order valence-corrected chi connectivity index (χ3v) is 2.61. The van der Waals surface area contributed by atoms with Gasteiger partial charge in [-0.3, -0.25) is 9.59 Å². The van der Waals surface area contributed by atoms with Crippen molar-refractivity contribution < 1.29 is 14.7 Å². The summed E-state index contributed by atoms with van der Waals surface area (Å²) in [5.41, 5.74) is 1.29. The lowest BCUT2D eigenvalue weighted by atomic mass is 10.1. The lowest BCUT2D eigenvalue weighted by Gasteiger charge is -2.16. The summed E-state index contributed by atoms with van der Waals surface area (Å²) < 4.78 is 0. The van der Waals surface area contributed by atoms with Crippen molar-refractivity contribution in [3.63, 3.8) is 0 Å². The van der Waals surface area contributed by atoms with E-state index in [4.69, 9.17) is 5.11 Å². The Morgan fingerprint density at radius 2 is 1.95 bits per heavy atom. The summed E-state index contributed by atoms with van der Waals surface area (Å²) >= 11 is 0. The molecule has 1 aromatic carbocycles. The van der Waals surface area contributed by atoms with Crippen molar-refractivity contribution in [3.05, 3.63) is 35.4 Å². The smallest absolute Gasteiger partial charge is 0.254 e. The second-order valence-corrected chi connectivity index (χ2v) is 4.19. The number of likely N-dealkylation sites (N-methyl/N-ethyl adjacent to an activating group) is 2. The Labute approximate surface area is 118 Å². The van der Waals surface area contributed by atoms with Gasteiger partial charge in [0.15, 0.2) is 0 Å². The van der Waals surface area contributed by atoms with Crippen LogP contribution in [0.2, 0.25) is 0 Å². The summed E-state index contributed by atoms with van der Waals surface area (Å²) in [6, 6.07) is 6.83. The van der Waals surface area contributed by atoms with E-state index in [1.165, 1.54) is 11.9 Å². The maximum atomic E-state index is 12.0. The fraction of sp³-hybridized carbons (Fsp3) is 0.333. The fourth-order valence-electron chi connectivity index (χ4n) is 1.50. The number of hydrogen-bond donors (Lipinski definition) is 2. The van der Waals surface area contributed by atoms with Gasteiger partial charge in [-0.05, 0) is 24.3 Å². The zero-order valence-corrected chi connectivity index (χ0v) is 11.6. The summed E-state index contributed by atoms with van der Waals surface area (Å²) in [6.07, 6.45) is 0.426. The summed E-state index contributed by atoms with van der Waals surface area (Å²) in [6.45, 7) is 0.0568. The molecule has 0 heterocycles. The number of aliphatic hydroxyl groups excluding tert-OH is 1. The van der Waals surface area contributed by atoms with Gasteiger partial charge >= 0.3 is 0 Å². The van der Waals surface area contributed by atoms with Gasteiger partial charge in [0.05, 0.1) is 13.2 Å². The molecule has 0 aliphatic heterocycles. The highest BCUT2D eigenvalue weighted by Gasteiger charge is 2.13. The lowest BCUT2D eigenvalue weighted by Crippen LogP contribution is -2.36. The molecule has 5 heteroatoms. The molecule has 0 aliphatic carbocycles. The maximum Gasteiger partial charge on any atom is 0.254 e. The molecule has 0 atom stereocenters. The van der Waals surface area contributed by atoms with E-state index in [-0.39, 0.29) is 25.0 Å². The largest absolute Gasteiger partial charge is 0.395 e. The van der Waals surface area contributed by atoms with Crippen molar-refractivity contribution in [2.45, 2.75) is 6.42 Å². The van der Waals surface area contributed by atoms with Crippen molar-refractivity contribution in [1.82, 2.24) is 10.2 Å². The van der Waals surface area contributed by atoms with Gasteiger partial charge in [0, 0.05) is 31.6 Å². The Hall–Kier alpha value is -2.32. The first kappa shape index (κ1) is 15.7. The molecule has 0 aliphatic rings. The second-order valence-electron chi connectivity index (χ2n) is 4.19. The Morgan fingerprint density at radius 3 is 2.50 bits per heavy atom. The lowest BCUT2D eigenvalue weighted by molar-refractivity contribution is -0.121. The number of carbonyl (C=O) groups excluding carboxylic acids is 2. The molecular formula is C15H18N2O3. The number of rotatable bonds is 4. The first-order chi connectivity index (χ1) is 9.58. The molecule has 0 aromatic heterocycles. The molecule has 1 aromatic rings. The van der Waals surface area contributed by atoms with E-state index in [1.54, 1.807) is 31.3 Å². The van der Waals surface area contributed by atoms with Crippen LogP contribution in [-0.4, -0.2) is 49.1 Å². The predicted molar refractivity (Wildman–Crippen MR) is 76.1 cm³/mol. The van der Waals surface area contributed by atoms with Gasteiger partial charge in [-0.2, -0.15) is 0 Å². The van der Waals surface area contributed by atoms with Crippen LogP contribution in [0, 0.1) is 11.8 Å². The average Bonchev–Trinajstić information content (AvgIpc) is 2.47. The van der Waals surface area contributed by atoms with Crippen molar-refractivity contribution >= 4 is 11.8 Å². The van der Waals surface area contributed by atoms with Crippen LogP contribution < -0.4 is 5.32 Å². The molecule has 0 saturated heterocycles. The monoisotopic (exact) mass is 274 g/mol. The Kier molecular flexibility index (Phi) is 6.27. The Balaban J connectivity index is 2.71. The topological polar surface area (TPSA) is 69.6 Å². The van der Waals surface area contributed by atoms with Gasteiger partial charge in [-0.1, -0.05) is 11.8 Å². The zero-order chi connectivity index (χ0) is 15.0. The fourth-order valence-corrected chi connectivity index (χ4v) is 1.50. The third kappa shape index (κ3) is 4.75. The molecule has 2 N–H and O–H groups in total. The standard InChI is InChI=1S/C15H18N2O3/c1-16-14(19)11-17(2)15(20)13-8-6-12(7-9-13)5-3-4-10-18/h6-9,18H,4,10-11H2,1-2H3,(H,16,19). The molecule has 0 bridgehead atoms. The molecular weight excluding hydrogens is 256 g/mol. The molecule has 20 heavy (non-hydrogen) atoms. The molecule has 0 unspecified atom stereocenters. The zero-order valence-electron chi connectivity index (χ0n) is 11.6. The highest BCUT2D eigenvalue weighted by molar-refractivity contribution is 5.96. The van der Waals surface area contributed by atoms with Gasteiger partial charge in [0.2, 0.25) is 5.91 Å². The van der Waals surface area contributed by atoms with E-state index in [1.807, 2.05) is 0 Å². The van der Waals surface area contributed by atoms with Crippen LogP contribution in [0.3, 0.4) is 0 Å². The number of aliphatic hydroxyl groups is 1. The molecule has 1 rings (SSSR count). The van der Waals surface area contributed by atoms with Crippen molar-refractivity contribution in [2.24, 2.45) is 0 Å². The summed E-state index contributed by atoms with van der Waals surface area (Å²) in [5, 5.41) is 11.1. The highest BCUT2D eigenvalue weighted by atomic mass is 16.2. The molecule has 0 fully saturated rings. The molecule has 0 saturated carbocycles. The van der Waals surface area contributed by atoms with Crippen LogP contribution in [-0.2, 0) is 4.79 Å². The predicted octanol–water partition coefficient (Wildman–Crippen LogP) is 0.238. The van der Waals surface area contributed by atoms with Crippen LogP contribution in [0.5, 0.6) is 0 Å². The minimum Gasteiger partial charge on any atom is -0.395 e. The van der Waals surface area contributed by atoms with Crippen LogP contribution in [0.25, 0.3) is 0 Å². The van der Waals surface area contributed by atoms with E-state index in [9.17, 15) is 9.59 Å². The molecule has 5 nitrogen and oxygen atoms in total. The Bertz CT molecular complexity index is 526. The number of nitrogens with zero attached hydrogens (tertiary/aromatic N) is 1. The second kappa shape index (κ2) is 7.97. The molecule has 0 spiro atoms. The highest BCUT2D eigenvalue weighted by Crippen LogP contribution is 2.06. The number of hydrogen-bond acceptors (Lipinski definition) is 3. The normalized spacial score (nSPS) is 9.35. The number of nitrogens with one attached hydrogen (secondary N) is 1. The minimum atomic E-state index is -0.219. The third-order valence-electron chi connectivity index (χ3n) is 2.61. The van der Waals surface area contributed by atoms with Crippen LogP contribution >= 0.6 is 0 Å². The van der Waals surface area contributed by atoms with Crippen molar-refractivity contribution in [1.29, 1.82) is 0 Å². The minimum absolute atomic E-state index is 0.0212. The summed E-state index contributed by atoms with van der Waals surface area (Å²) in [4.78, 5) is 24.6. The van der Waals surface area contributed by atoms with Crippen LogP contribution in [0.4, 0.5) is 0 Å². The van der Waals surface area contributed by atoms with E-state index < -0.39 is 0 Å². The number of benzene rings is 1. The van der Waals surface area contributed by atoms with Crippen LogP contribution in [0.1, 0.15) is 22.3 Å². The SMILES string of the molecule is CNC(=O)CN(C)C(=O)c1ccc(C#CCCO)cc1. The van der Waals surface area contributed by atoms with Gasteiger partial charge < -0.3 is 15.3 Å². The number of amides is 2. The summed E-state index contributed by atoms with van der Waals surface area (Å²) in [5.74, 6) is 5.26. The summed E-state index contributed by atoms with van der Waals surface area (Å²) in [7, 11) is 3.10. The van der Waals surface area contributed by atoms with Crippen LogP contribution in [0.15, 0.2) is 24.3 Å². The average molecular weight is 274 g/mol. The molecule has 106 valence electrons. The van der Waals surface area contributed by atoms with Gasteiger partial charge in [-0.15, -0.1) is 0 Å². The Morgan fingerprint density at radius 1 is 1.30 bits per heavy atom. The van der Waals surface area contributed by atoms with E-state index in [2.05, 4.69) is 17.2 Å². The number of carbonyl (C=O) groups is 2. The van der Waals surface area contributed by atoms with E-state index in [0.29, 0.717) is 12.0 Å². The van der Waals surface area contributed by atoms with Crippen molar-refractivity contribution in [2.75, 3.05) is 27.2 Å². The van der Waals surface area contributed by atoms with Gasteiger partial charge in [0.1, 0.15) is 0 Å². The van der Waals surface area contributed by atoms with Crippen molar-refractivity contribution in [3.8, 4) is 11.8 Å². The maximum absolute atomic E-state index is 12.0. The molecule has 0 radical (unpaired) electrons. The quantitative estimate of drug-likeness (QED) is 0.773. The van der Waals surface area contributed by atoms with Gasteiger partial charge in [0.25, 0.3) is 5.91 Å². The van der Waals surface area contributed by atoms with Gasteiger partial charge in [-0.25, -0.2) is 0 Å². The first-order valence-corrected chi connectivity index (χ1v) is 6.24. The van der Waals surface area contributed by atoms with E-state index >= 15 is 0 Å². The molecule has 2 amide bonds.